The van der Waals surface area contributed by atoms with Crippen LogP contribution in [0.2, 0.25) is 5.02 Å². The van der Waals surface area contributed by atoms with E-state index in [9.17, 15) is 4.79 Å². The number of rotatable bonds is 7. The second-order valence-corrected chi connectivity index (χ2v) is 6.76. The molecule has 4 aromatic rings. The number of benzene rings is 1. The van der Waals surface area contributed by atoms with Crippen LogP contribution in [0.4, 0.5) is 0 Å². The number of pyridine rings is 1. The van der Waals surface area contributed by atoms with Crippen molar-refractivity contribution in [2.45, 2.75) is 25.8 Å². The van der Waals surface area contributed by atoms with E-state index in [0.29, 0.717) is 24.5 Å². The molecule has 0 fully saturated rings. The normalized spacial score (nSPS) is 11.3. The smallest absolute Gasteiger partial charge is 0.221 e. The van der Waals surface area contributed by atoms with E-state index < -0.39 is 0 Å². The predicted molar refractivity (Wildman–Crippen MR) is 104 cm³/mol. The number of hydrogen-bond donors (Lipinski definition) is 1. The van der Waals surface area contributed by atoms with Gasteiger partial charge in [0.2, 0.25) is 5.91 Å². The molecule has 0 bridgehead atoms. The number of carbonyl (C=O) groups is 1. The number of amides is 1. The van der Waals surface area contributed by atoms with Gasteiger partial charge in [-0.05, 0) is 36.8 Å². The van der Waals surface area contributed by atoms with E-state index in [0.717, 1.165) is 35.2 Å². The number of nitrogens with one attached hydrogen (secondary N) is 1. The van der Waals surface area contributed by atoms with E-state index >= 15 is 0 Å². The Morgan fingerprint density at radius 3 is 3.04 bits per heavy atom. The molecule has 0 atom stereocenters. The molecule has 0 aliphatic rings. The third-order valence-electron chi connectivity index (χ3n) is 4.44. The van der Waals surface area contributed by atoms with E-state index in [2.05, 4.69) is 20.6 Å². The first kappa shape index (κ1) is 17.5. The Hall–Kier alpha value is -2.93. The summed E-state index contributed by atoms with van der Waals surface area (Å²) in [7, 11) is 0. The van der Waals surface area contributed by atoms with Crippen LogP contribution >= 0.6 is 11.6 Å². The fourth-order valence-corrected chi connectivity index (χ4v) is 3.22. The molecule has 7 nitrogen and oxygen atoms in total. The van der Waals surface area contributed by atoms with E-state index in [1.807, 2.05) is 51.7 Å². The van der Waals surface area contributed by atoms with Crippen molar-refractivity contribution < 1.29 is 4.79 Å². The van der Waals surface area contributed by atoms with Crippen LogP contribution in [-0.2, 0) is 17.8 Å². The van der Waals surface area contributed by atoms with Gasteiger partial charge in [0.25, 0.3) is 0 Å². The molecular formula is C19H19ClN6O. The van der Waals surface area contributed by atoms with Crippen molar-refractivity contribution in [2.75, 3.05) is 6.54 Å². The predicted octanol–water partition coefficient (Wildman–Crippen LogP) is 2.87. The molecule has 0 saturated carbocycles. The third-order valence-corrected chi connectivity index (χ3v) is 4.68. The van der Waals surface area contributed by atoms with E-state index in [-0.39, 0.29) is 5.91 Å². The molecule has 0 spiro atoms. The van der Waals surface area contributed by atoms with Gasteiger partial charge < -0.3 is 5.32 Å². The molecule has 1 amide bonds. The lowest BCUT2D eigenvalue weighted by Gasteiger charge is -2.06. The van der Waals surface area contributed by atoms with Gasteiger partial charge in [0.15, 0.2) is 5.65 Å². The van der Waals surface area contributed by atoms with Gasteiger partial charge in [0.1, 0.15) is 5.82 Å². The van der Waals surface area contributed by atoms with Crippen molar-refractivity contribution in [3.8, 4) is 0 Å². The molecule has 138 valence electrons. The van der Waals surface area contributed by atoms with Crippen LogP contribution < -0.4 is 5.32 Å². The van der Waals surface area contributed by atoms with E-state index in [4.69, 9.17) is 11.6 Å². The number of aromatic nitrogens is 5. The summed E-state index contributed by atoms with van der Waals surface area (Å²) < 4.78 is 3.78. The highest BCUT2D eigenvalue weighted by Gasteiger charge is 2.07. The number of halogens is 1. The standard InChI is InChI=1S/C19H19ClN6O/c20-15-7-6-14-13-22-26(16(14)12-15)11-8-19(27)21-9-3-5-18-24-23-17-4-1-2-10-25(17)18/h1-2,4,6-7,10,12-13H,3,5,8-9,11H2,(H,21,27). The number of nitrogens with zero attached hydrogens (tertiary/aromatic N) is 5. The molecule has 4 rings (SSSR count). The zero-order chi connectivity index (χ0) is 18.6. The summed E-state index contributed by atoms with van der Waals surface area (Å²) in [6.45, 7) is 1.12. The SMILES string of the molecule is O=C(CCn1ncc2ccc(Cl)cc21)NCCCc1nnc2ccccn12. The molecule has 0 unspecified atom stereocenters. The maximum Gasteiger partial charge on any atom is 0.221 e. The van der Waals surface area contributed by atoms with E-state index in [1.54, 1.807) is 6.20 Å². The molecule has 0 aliphatic carbocycles. The minimum Gasteiger partial charge on any atom is -0.356 e. The number of carbonyl (C=O) groups excluding carboxylic acids is 1. The molecule has 8 heteroatoms. The minimum absolute atomic E-state index is 0.00628. The van der Waals surface area contributed by atoms with Crippen LogP contribution in [0.3, 0.4) is 0 Å². The summed E-state index contributed by atoms with van der Waals surface area (Å²) in [6.07, 6.45) is 5.67. The van der Waals surface area contributed by atoms with Crippen molar-refractivity contribution >= 4 is 34.1 Å². The second-order valence-electron chi connectivity index (χ2n) is 6.32. The molecule has 1 N–H and O–H groups in total. The summed E-state index contributed by atoms with van der Waals surface area (Å²) in [4.78, 5) is 12.1. The van der Waals surface area contributed by atoms with Crippen LogP contribution in [0.25, 0.3) is 16.6 Å². The average molecular weight is 383 g/mol. The van der Waals surface area contributed by atoms with E-state index in [1.165, 1.54) is 0 Å². The Bertz CT molecular complexity index is 1090. The Morgan fingerprint density at radius 2 is 2.11 bits per heavy atom. The lowest BCUT2D eigenvalue weighted by Crippen LogP contribution is -2.26. The van der Waals surface area contributed by atoms with Gasteiger partial charge in [-0.3, -0.25) is 13.9 Å². The molecule has 27 heavy (non-hydrogen) atoms. The lowest BCUT2D eigenvalue weighted by atomic mass is 10.2. The average Bonchev–Trinajstić information content (AvgIpc) is 3.27. The fraction of sp³-hybridized carbons (Fsp3) is 0.263. The Balaban J connectivity index is 1.24. The van der Waals surface area contributed by atoms with Crippen molar-refractivity contribution in [1.29, 1.82) is 0 Å². The van der Waals surface area contributed by atoms with Crippen LogP contribution in [0.1, 0.15) is 18.7 Å². The second kappa shape index (κ2) is 7.75. The van der Waals surface area contributed by atoms with Gasteiger partial charge in [0.05, 0.1) is 18.3 Å². The van der Waals surface area contributed by atoms with Gasteiger partial charge in [-0.1, -0.05) is 17.7 Å². The Labute approximate surface area is 161 Å². The molecule has 0 aliphatic heterocycles. The molecular weight excluding hydrogens is 364 g/mol. The number of fused-ring (bicyclic) bond motifs is 2. The Morgan fingerprint density at radius 1 is 1.19 bits per heavy atom. The highest BCUT2D eigenvalue weighted by atomic mass is 35.5. The van der Waals surface area contributed by atoms with Crippen LogP contribution in [-0.4, -0.2) is 36.8 Å². The van der Waals surface area contributed by atoms with Gasteiger partial charge in [-0.25, -0.2) is 0 Å². The molecule has 3 aromatic heterocycles. The third kappa shape index (κ3) is 3.93. The maximum atomic E-state index is 12.1. The van der Waals surface area contributed by atoms with Crippen molar-refractivity contribution in [1.82, 2.24) is 29.7 Å². The highest BCUT2D eigenvalue weighted by molar-refractivity contribution is 6.31. The van der Waals surface area contributed by atoms with Crippen molar-refractivity contribution in [3.05, 3.63) is 59.6 Å². The van der Waals surface area contributed by atoms with Gasteiger partial charge in [-0.15, -0.1) is 10.2 Å². The summed E-state index contributed by atoms with van der Waals surface area (Å²) in [5.74, 6) is 0.909. The first-order valence-corrected chi connectivity index (χ1v) is 9.25. The minimum atomic E-state index is 0.00628. The monoisotopic (exact) mass is 382 g/mol. The largest absolute Gasteiger partial charge is 0.356 e. The van der Waals surface area contributed by atoms with Crippen molar-refractivity contribution in [2.24, 2.45) is 0 Å². The Kier molecular flexibility index (Phi) is 5.02. The topological polar surface area (TPSA) is 77.1 Å². The zero-order valence-electron chi connectivity index (χ0n) is 14.7. The first-order valence-electron chi connectivity index (χ1n) is 8.87. The van der Waals surface area contributed by atoms with Crippen molar-refractivity contribution in [3.63, 3.8) is 0 Å². The van der Waals surface area contributed by atoms with Crippen LogP contribution in [0.5, 0.6) is 0 Å². The summed E-state index contributed by atoms with van der Waals surface area (Å²) in [5, 5.41) is 17.3. The first-order chi connectivity index (χ1) is 13.2. The lowest BCUT2D eigenvalue weighted by molar-refractivity contribution is -0.121. The number of hydrogen-bond acceptors (Lipinski definition) is 4. The maximum absolute atomic E-state index is 12.1. The summed E-state index contributed by atoms with van der Waals surface area (Å²) in [6, 6.07) is 11.4. The van der Waals surface area contributed by atoms with Gasteiger partial charge >= 0.3 is 0 Å². The fourth-order valence-electron chi connectivity index (χ4n) is 3.05. The molecule has 3 heterocycles. The highest BCUT2D eigenvalue weighted by Crippen LogP contribution is 2.19. The molecule has 1 aromatic carbocycles. The summed E-state index contributed by atoms with van der Waals surface area (Å²) >= 11 is 6.04. The van der Waals surface area contributed by atoms with Crippen LogP contribution in [0.15, 0.2) is 48.8 Å². The summed E-state index contributed by atoms with van der Waals surface area (Å²) in [5.41, 5.74) is 1.78. The van der Waals surface area contributed by atoms with Crippen LogP contribution in [0, 0.1) is 0 Å². The zero-order valence-corrected chi connectivity index (χ0v) is 15.4. The molecule has 0 saturated heterocycles. The number of aryl methyl sites for hydroxylation is 2. The molecule has 0 radical (unpaired) electrons. The van der Waals surface area contributed by atoms with Gasteiger partial charge in [-0.2, -0.15) is 5.10 Å². The quantitative estimate of drug-likeness (QED) is 0.498. The van der Waals surface area contributed by atoms with Gasteiger partial charge in [0, 0.05) is 36.0 Å².